The van der Waals surface area contributed by atoms with Crippen molar-refractivity contribution >= 4 is 11.0 Å². The summed E-state index contributed by atoms with van der Waals surface area (Å²) in [5.41, 5.74) is 2.29. The number of fused-ring (bicyclic) bond motifs is 1. The minimum Gasteiger partial charge on any atom is -0.456 e. The van der Waals surface area contributed by atoms with Crippen LogP contribution in [0.2, 0.25) is 0 Å². The first-order valence-electron chi connectivity index (χ1n) is 5.50. The van der Waals surface area contributed by atoms with Crippen molar-refractivity contribution in [3.63, 3.8) is 0 Å². The zero-order valence-corrected chi connectivity index (χ0v) is 9.41. The van der Waals surface area contributed by atoms with Crippen LogP contribution in [-0.2, 0) is 0 Å². The van der Waals surface area contributed by atoms with Gasteiger partial charge < -0.3 is 4.42 Å². The molecule has 0 spiro atoms. The molecule has 0 N–H and O–H groups in total. The van der Waals surface area contributed by atoms with Crippen LogP contribution >= 0.6 is 0 Å². The van der Waals surface area contributed by atoms with E-state index < -0.39 is 0 Å². The van der Waals surface area contributed by atoms with Crippen LogP contribution in [0, 0.1) is 12.7 Å². The molecule has 84 valence electrons. The van der Waals surface area contributed by atoms with Crippen LogP contribution in [0.15, 0.2) is 52.9 Å². The Bertz CT molecular complexity index is 682. The molecule has 1 aromatic heterocycles. The van der Waals surface area contributed by atoms with Crippen molar-refractivity contribution in [3.8, 4) is 11.3 Å². The highest BCUT2D eigenvalue weighted by Gasteiger charge is 2.14. The third-order valence-corrected chi connectivity index (χ3v) is 2.96. The highest BCUT2D eigenvalue weighted by atomic mass is 19.1. The van der Waals surface area contributed by atoms with Gasteiger partial charge in [-0.3, -0.25) is 0 Å². The van der Waals surface area contributed by atoms with Gasteiger partial charge in [0.05, 0.1) is 5.56 Å². The molecule has 0 unspecified atom stereocenters. The fourth-order valence-corrected chi connectivity index (χ4v) is 2.08. The van der Waals surface area contributed by atoms with Crippen molar-refractivity contribution in [1.29, 1.82) is 0 Å². The molecule has 2 aromatic carbocycles. The van der Waals surface area contributed by atoms with Crippen LogP contribution in [0.1, 0.15) is 5.56 Å². The highest BCUT2D eigenvalue weighted by molar-refractivity contribution is 5.87. The number of hydrogen-bond acceptors (Lipinski definition) is 1. The molecule has 0 fully saturated rings. The summed E-state index contributed by atoms with van der Waals surface area (Å²) in [6, 6.07) is 14.4. The van der Waals surface area contributed by atoms with Crippen LogP contribution in [0.4, 0.5) is 4.39 Å². The number of halogens is 1. The Hall–Kier alpha value is -2.09. The van der Waals surface area contributed by atoms with E-state index in [0.29, 0.717) is 11.3 Å². The third-order valence-electron chi connectivity index (χ3n) is 2.96. The second-order valence-electron chi connectivity index (χ2n) is 4.03. The molecule has 3 aromatic rings. The summed E-state index contributed by atoms with van der Waals surface area (Å²) < 4.78 is 19.4. The van der Waals surface area contributed by atoms with Crippen molar-refractivity contribution in [1.82, 2.24) is 0 Å². The second kappa shape index (κ2) is 3.74. The largest absolute Gasteiger partial charge is 0.456 e. The molecule has 2 heteroatoms. The standard InChI is InChI=1S/C15H11FO/c1-10-11-6-3-5-9-14(11)17-15(10)12-7-2-4-8-13(12)16/h2-9H,1H3. The SMILES string of the molecule is Cc1c(-c2ccccc2F)oc2ccccc12. The Kier molecular flexibility index (Phi) is 2.22. The molecule has 0 bridgehead atoms. The number of para-hydroxylation sites is 1. The average molecular weight is 226 g/mol. The predicted octanol–water partition coefficient (Wildman–Crippen LogP) is 4.55. The van der Waals surface area contributed by atoms with E-state index in [2.05, 4.69) is 0 Å². The van der Waals surface area contributed by atoms with Gasteiger partial charge >= 0.3 is 0 Å². The van der Waals surface area contributed by atoms with Crippen LogP contribution < -0.4 is 0 Å². The molecule has 0 aliphatic rings. The minimum atomic E-state index is -0.255. The Balaban J connectivity index is 2.32. The normalized spacial score (nSPS) is 10.9. The van der Waals surface area contributed by atoms with Gasteiger partial charge in [-0.1, -0.05) is 30.3 Å². The molecule has 0 atom stereocenters. The number of benzene rings is 2. The van der Waals surface area contributed by atoms with Gasteiger partial charge in [-0.25, -0.2) is 4.39 Å². The monoisotopic (exact) mass is 226 g/mol. The van der Waals surface area contributed by atoms with Gasteiger partial charge in [-0.15, -0.1) is 0 Å². The number of aryl methyl sites for hydroxylation is 1. The van der Waals surface area contributed by atoms with E-state index in [9.17, 15) is 4.39 Å². The van der Waals surface area contributed by atoms with E-state index in [0.717, 1.165) is 16.5 Å². The lowest BCUT2D eigenvalue weighted by Crippen LogP contribution is -1.82. The van der Waals surface area contributed by atoms with Crippen LogP contribution in [-0.4, -0.2) is 0 Å². The van der Waals surface area contributed by atoms with Crippen molar-refractivity contribution in [3.05, 3.63) is 59.9 Å². The van der Waals surface area contributed by atoms with Crippen LogP contribution in [0.3, 0.4) is 0 Å². The summed E-state index contributed by atoms with van der Waals surface area (Å²) in [4.78, 5) is 0. The molecular weight excluding hydrogens is 215 g/mol. The van der Waals surface area contributed by atoms with E-state index >= 15 is 0 Å². The van der Waals surface area contributed by atoms with E-state index in [-0.39, 0.29) is 5.82 Å². The fourth-order valence-electron chi connectivity index (χ4n) is 2.08. The predicted molar refractivity (Wildman–Crippen MR) is 66.3 cm³/mol. The van der Waals surface area contributed by atoms with Crippen molar-refractivity contribution in [2.45, 2.75) is 6.92 Å². The Morgan fingerprint density at radius 1 is 0.941 bits per heavy atom. The Morgan fingerprint density at radius 3 is 2.41 bits per heavy atom. The van der Waals surface area contributed by atoms with Gasteiger partial charge in [0.1, 0.15) is 17.2 Å². The summed E-state index contributed by atoms with van der Waals surface area (Å²) >= 11 is 0. The lowest BCUT2D eigenvalue weighted by molar-refractivity contribution is 0.600. The first-order chi connectivity index (χ1) is 8.27. The van der Waals surface area contributed by atoms with E-state index in [1.807, 2.05) is 37.3 Å². The van der Waals surface area contributed by atoms with Crippen LogP contribution in [0.25, 0.3) is 22.3 Å². The van der Waals surface area contributed by atoms with Crippen molar-refractivity contribution in [2.24, 2.45) is 0 Å². The number of rotatable bonds is 1. The van der Waals surface area contributed by atoms with Gasteiger partial charge in [0, 0.05) is 10.9 Å². The van der Waals surface area contributed by atoms with Gasteiger partial charge in [-0.2, -0.15) is 0 Å². The maximum Gasteiger partial charge on any atom is 0.141 e. The Morgan fingerprint density at radius 2 is 1.65 bits per heavy atom. The molecule has 0 amide bonds. The third kappa shape index (κ3) is 1.53. The molecular formula is C15H11FO. The van der Waals surface area contributed by atoms with Crippen LogP contribution in [0.5, 0.6) is 0 Å². The van der Waals surface area contributed by atoms with Gasteiger partial charge in [0.15, 0.2) is 0 Å². The number of hydrogen-bond donors (Lipinski definition) is 0. The lowest BCUT2D eigenvalue weighted by atomic mass is 10.1. The molecule has 0 aliphatic carbocycles. The minimum absolute atomic E-state index is 0.255. The van der Waals surface area contributed by atoms with Gasteiger partial charge in [-0.05, 0) is 25.1 Å². The maximum atomic E-state index is 13.7. The fraction of sp³-hybridized carbons (Fsp3) is 0.0667. The molecule has 17 heavy (non-hydrogen) atoms. The van der Waals surface area contributed by atoms with E-state index in [4.69, 9.17) is 4.42 Å². The van der Waals surface area contributed by atoms with Crippen molar-refractivity contribution in [2.75, 3.05) is 0 Å². The molecule has 3 rings (SSSR count). The Labute approximate surface area is 98.5 Å². The molecule has 0 radical (unpaired) electrons. The lowest BCUT2D eigenvalue weighted by Gasteiger charge is -1.99. The molecule has 0 aliphatic heterocycles. The van der Waals surface area contributed by atoms with Gasteiger partial charge in [0.25, 0.3) is 0 Å². The molecule has 1 nitrogen and oxygen atoms in total. The summed E-state index contributed by atoms with van der Waals surface area (Å²) in [6.45, 7) is 1.95. The quantitative estimate of drug-likeness (QED) is 0.593. The first kappa shape index (κ1) is 10.1. The molecule has 0 saturated carbocycles. The first-order valence-corrected chi connectivity index (χ1v) is 5.50. The maximum absolute atomic E-state index is 13.7. The van der Waals surface area contributed by atoms with E-state index in [1.54, 1.807) is 12.1 Å². The smallest absolute Gasteiger partial charge is 0.141 e. The van der Waals surface area contributed by atoms with Crippen molar-refractivity contribution < 1.29 is 8.81 Å². The highest BCUT2D eigenvalue weighted by Crippen LogP contribution is 2.33. The molecule has 1 heterocycles. The zero-order valence-electron chi connectivity index (χ0n) is 9.41. The average Bonchev–Trinajstić information content (AvgIpc) is 2.68. The van der Waals surface area contributed by atoms with E-state index in [1.165, 1.54) is 6.07 Å². The summed E-state index contributed by atoms with van der Waals surface area (Å²) in [6.07, 6.45) is 0. The zero-order chi connectivity index (χ0) is 11.8. The number of furan rings is 1. The summed E-state index contributed by atoms with van der Waals surface area (Å²) in [5.74, 6) is 0.360. The summed E-state index contributed by atoms with van der Waals surface area (Å²) in [5, 5.41) is 1.03. The molecule has 0 saturated heterocycles. The van der Waals surface area contributed by atoms with Gasteiger partial charge in [0.2, 0.25) is 0 Å². The summed E-state index contributed by atoms with van der Waals surface area (Å²) in [7, 11) is 0. The second-order valence-corrected chi connectivity index (χ2v) is 4.03. The topological polar surface area (TPSA) is 13.1 Å².